The molecule has 0 bridgehead atoms. The van der Waals surface area contributed by atoms with E-state index in [2.05, 4.69) is 0 Å². The molecule has 1 fully saturated rings. The molecule has 1 aliphatic carbocycles. The molecule has 1 aromatic rings. The van der Waals surface area contributed by atoms with E-state index in [4.69, 9.17) is 21.1 Å². The largest absolute Gasteiger partial charge is 0.481 e. The number of hydrogen-bond acceptors (Lipinski definition) is 3. The van der Waals surface area contributed by atoms with Gasteiger partial charge in [-0.05, 0) is 31.4 Å². The molecule has 1 N–H and O–H groups in total. The van der Waals surface area contributed by atoms with Crippen molar-refractivity contribution in [1.29, 1.82) is 0 Å². The van der Waals surface area contributed by atoms with Crippen molar-refractivity contribution in [3.8, 4) is 11.5 Å². The molecule has 1 aliphatic heterocycles. The molecule has 0 saturated heterocycles. The number of carboxylic acids is 1. The van der Waals surface area contributed by atoms with Crippen molar-refractivity contribution in [2.24, 2.45) is 0 Å². The third-order valence-electron chi connectivity index (χ3n) is 3.50. The summed E-state index contributed by atoms with van der Waals surface area (Å²) in [5, 5.41) is 9.77. The van der Waals surface area contributed by atoms with Gasteiger partial charge in [-0.2, -0.15) is 0 Å². The Morgan fingerprint density at radius 2 is 2.18 bits per heavy atom. The molecule has 2 aliphatic rings. The van der Waals surface area contributed by atoms with Crippen LogP contribution in [0.25, 0.3) is 0 Å². The van der Waals surface area contributed by atoms with E-state index in [0.29, 0.717) is 34.9 Å². The SMILES string of the molecule is Cc1c(Cl)c(C2(C(=O)O)CC2)cc2c1OCO2. The van der Waals surface area contributed by atoms with E-state index < -0.39 is 11.4 Å². The van der Waals surface area contributed by atoms with Gasteiger partial charge in [-0.25, -0.2) is 0 Å². The molecule has 3 rings (SSSR count). The van der Waals surface area contributed by atoms with Gasteiger partial charge < -0.3 is 14.6 Å². The lowest BCUT2D eigenvalue weighted by atomic mass is 9.93. The number of benzene rings is 1. The molecular formula is C12H11ClO4. The highest BCUT2D eigenvalue weighted by atomic mass is 35.5. The van der Waals surface area contributed by atoms with Crippen molar-refractivity contribution in [3.63, 3.8) is 0 Å². The summed E-state index contributed by atoms with van der Waals surface area (Å²) >= 11 is 6.25. The van der Waals surface area contributed by atoms with E-state index in [1.165, 1.54) is 0 Å². The molecule has 1 saturated carbocycles. The minimum Gasteiger partial charge on any atom is -0.481 e. The highest BCUT2D eigenvalue weighted by molar-refractivity contribution is 6.33. The smallest absolute Gasteiger partial charge is 0.314 e. The quantitative estimate of drug-likeness (QED) is 0.881. The number of halogens is 1. The molecule has 0 amide bonds. The summed E-state index contributed by atoms with van der Waals surface area (Å²) in [5.74, 6) is 0.395. The number of carbonyl (C=O) groups is 1. The number of aliphatic carboxylic acids is 1. The van der Waals surface area contributed by atoms with E-state index >= 15 is 0 Å². The topological polar surface area (TPSA) is 55.8 Å². The first-order chi connectivity index (χ1) is 8.06. The van der Waals surface area contributed by atoms with Crippen molar-refractivity contribution in [3.05, 3.63) is 22.2 Å². The van der Waals surface area contributed by atoms with Crippen molar-refractivity contribution in [2.75, 3.05) is 6.79 Å². The first kappa shape index (κ1) is 10.7. The van der Waals surface area contributed by atoms with Crippen LogP contribution in [0, 0.1) is 6.92 Å². The molecule has 17 heavy (non-hydrogen) atoms. The second kappa shape index (κ2) is 3.29. The first-order valence-corrected chi connectivity index (χ1v) is 5.76. The number of hydrogen-bond donors (Lipinski definition) is 1. The van der Waals surface area contributed by atoms with Crippen LogP contribution >= 0.6 is 11.6 Å². The van der Waals surface area contributed by atoms with Crippen LogP contribution in [0.3, 0.4) is 0 Å². The van der Waals surface area contributed by atoms with Crippen LogP contribution < -0.4 is 9.47 Å². The van der Waals surface area contributed by atoms with Crippen LogP contribution in [-0.2, 0) is 10.2 Å². The van der Waals surface area contributed by atoms with Gasteiger partial charge in [0.05, 0.1) is 10.4 Å². The van der Waals surface area contributed by atoms with Crippen LogP contribution in [0.5, 0.6) is 11.5 Å². The van der Waals surface area contributed by atoms with Gasteiger partial charge >= 0.3 is 5.97 Å². The third-order valence-corrected chi connectivity index (χ3v) is 3.99. The second-order valence-corrected chi connectivity index (χ2v) is 4.86. The zero-order chi connectivity index (χ0) is 12.2. The molecule has 1 heterocycles. The summed E-state index contributed by atoms with van der Waals surface area (Å²) < 4.78 is 10.6. The molecule has 4 nitrogen and oxygen atoms in total. The van der Waals surface area contributed by atoms with Gasteiger partial charge in [-0.15, -0.1) is 0 Å². The van der Waals surface area contributed by atoms with Gasteiger partial charge in [0.1, 0.15) is 0 Å². The van der Waals surface area contributed by atoms with Crippen LogP contribution in [0.1, 0.15) is 24.0 Å². The highest BCUT2D eigenvalue weighted by Crippen LogP contribution is 2.54. The van der Waals surface area contributed by atoms with Crippen LogP contribution in [0.2, 0.25) is 5.02 Å². The summed E-state index contributed by atoms with van der Waals surface area (Å²) in [5.41, 5.74) is 0.584. The maximum Gasteiger partial charge on any atom is 0.314 e. The van der Waals surface area contributed by atoms with Gasteiger partial charge in [0, 0.05) is 5.56 Å². The monoisotopic (exact) mass is 254 g/mol. The Balaban J connectivity index is 2.19. The van der Waals surface area contributed by atoms with E-state index in [9.17, 15) is 9.90 Å². The van der Waals surface area contributed by atoms with E-state index in [0.717, 1.165) is 5.56 Å². The van der Waals surface area contributed by atoms with Crippen molar-refractivity contribution < 1.29 is 19.4 Å². The average Bonchev–Trinajstić information content (AvgIpc) is 2.97. The molecule has 0 unspecified atom stereocenters. The Morgan fingerprint density at radius 3 is 2.76 bits per heavy atom. The minimum atomic E-state index is -0.822. The van der Waals surface area contributed by atoms with Crippen molar-refractivity contribution >= 4 is 17.6 Å². The molecule has 0 aromatic heterocycles. The van der Waals surface area contributed by atoms with Gasteiger partial charge in [0.2, 0.25) is 6.79 Å². The lowest BCUT2D eigenvalue weighted by Gasteiger charge is -2.15. The Bertz CT molecular complexity index is 520. The van der Waals surface area contributed by atoms with E-state index in [1.54, 1.807) is 6.07 Å². The summed E-state index contributed by atoms with van der Waals surface area (Å²) in [6.45, 7) is 1.98. The standard InChI is InChI=1S/C12H11ClO4/c1-6-9(13)7(12(2-3-12)11(14)15)4-8-10(6)17-5-16-8/h4H,2-3,5H2,1H3,(H,14,15). The van der Waals surface area contributed by atoms with Crippen LogP contribution in [0.15, 0.2) is 6.07 Å². The van der Waals surface area contributed by atoms with Crippen molar-refractivity contribution in [1.82, 2.24) is 0 Å². The number of ether oxygens (including phenoxy) is 2. The lowest BCUT2D eigenvalue weighted by molar-refractivity contribution is -0.140. The fourth-order valence-corrected chi connectivity index (χ4v) is 2.58. The summed E-state index contributed by atoms with van der Waals surface area (Å²) in [6, 6.07) is 1.71. The van der Waals surface area contributed by atoms with Crippen LogP contribution in [-0.4, -0.2) is 17.9 Å². The summed E-state index contributed by atoms with van der Waals surface area (Å²) in [7, 11) is 0. The molecule has 1 aromatic carbocycles. The third kappa shape index (κ3) is 1.33. The minimum absolute atomic E-state index is 0.163. The number of carboxylic acid groups (broad SMARTS) is 1. The predicted molar refractivity (Wildman–Crippen MR) is 60.9 cm³/mol. The normalized spacial score (nSPS) is 19.2. The number of fused-ring (bicyclic) bond motifs is 1. The molecule has 90 valence electrons. The van der Waals surface area contributed by atoms with Crippen molar-refractivity contribution in [2.45, 2.75) is 25.2 Å². The Kier molecular flexibility index (Phi) is 2.08. The van der Waals surface area contributed by atoms with E-state index in [1.807, 2.05) is 6.92 Å². The molecule has 0 radical (unpaired) electrons. The van der Waals surface area contributed by atoms with Crippen LogP contribution in [0.4, 0.5) is 0 Å². The Hall–Kier alpha value is -1.42. The summed E-state index contributed by atoms with van der Waals surface area (Å²) in [4.78, 5) is 11.3. The van der Waals surface area contributed by atoms with Gasteiger partial charge in [-0.1, -0.05) is 11.6 Å². The van der Waals surface area contributed by atoms with Gasteiger partial charge in [-0.3, -0.25) is 4.79 Å². The average molecular weight is 255 g/mol. The number of rotatable bonds is 2. The van der Waals surface area contributed by atoms with Gasteiger partial charge in [0.25, 0.3) is 0 Å². The zero-order valence-electron chi connectivity index (χ0n) is 9.25. The fraction of sp³-hybridized carbons (Fsp3) is 0.417. The predicted octanol–water partition coefficient (Wildman–Crippen LogP) is 2.49. The first-order valence-electron chi connectivity index (χ1n) is 5.39. The fourth-order valence-electron chi connectivity index (χ4n) is 2.26. The van der Waals surface area contributed by atoms with Gasteiger partial charge in [0.15, 0.2) is 11.5 Å². The molecular weight excluding hydrogens is 244 g/mol. The highest BCUT2D eigenvalue weighted by Gasteiger charge is 2.53. The molecule has 0 atom stereocenters. The maximum atomic E-state index is 11.3. The Labute approximate surface area is 103 Å². The zero-order valence-corrected chi connectivity index (χ0v) is 10.0. The lowest BCUT2D eigenvalue weighted by Crippen LogP contribution is -2.20. The Morgan fingerprint density at radius 1 is 1.47 bits per heavy atom. The van der Waals surface area contributed by atoms with E-state index in [-0.39, 0.29) is 6.79 Å². The second-order valence-electron chi connectivity index (χ2n) is 4.48. The maximum absolute atomic E-state index is 11.3. The summed E-state index contributed by atoms with van der Waals surface area (Å²) in [6.07, 6.45) is 1.25. The molecule has 5 heteroatoms. The molecule has 0 spiro atoms.